The molecular formula is C16H27ClN4O. The third kappa shape index (κ3) is 4.40. The quantitative estimate of drug-likeness (QED) is 0.923. The second-order valence-electron chi connectivity index (χ2n) is 6.16. The third-order valence-corrected chi connectivity index (χ3v) is 4.11. The number of aryl methyl sites for hydroxylation is 1. The summed E-state index contributed by atoms with van der Waals surface area (Å²) < 4.78 is 0. The van der Waals surface area contributed by atoms with E-state index < -0.39 is 0 Å². The molecule has 0 aromatic carbocycles. The van der Waals surface area contributed by atoms with Crippen molar-refractivity contribution in [2.75, 3.05) is 26.7 Å². The van der Waals surface area contributed by atoms with Gasteiger partial charge in [0.2, 0.25) is 0 Å². The number of amides is 1. The number of rotatable bonds is 4. The van der Waals surface area contributed by atoms with Crippen LogP contribution in [-0.2, 0) is 0 Å². The molecule has 0 radical (unpaired) electrons. The number of hydrogen-bond acceptors (Lipinski definition) is 4. The molecule has 124 valence electrons. The van der Waals surface area contributed by atoms with E-state index in [1.807, 2.05) is 18.9 Å². The smallest absolute Gasteiger partial charge is 0.257 e. The van der Waals surface area contributed by atoms with E-state index in [0.717, 1.165) is 44.0 Å². The molecule has 1 aliphatic heterocycles. The van der Waals surface area contributed by atoms with Crippen molar-refractivity contribution in [1.29, 1.82) is 0 Å². The fourth-order valence-electron chi connectivity index (χ4n) is 2.89. The van der Waals surface area contributed by atoms with Gasteiger partial charge in [0.05, 0.1) is 11.3 Å². The van der Waals surface area contributed by atoms with Gasteiger partial charge >= 0.3 is 0 Å². The van der Waals surface area contributed by atoms with E-state index in [1.54, 1.807) is 6.20 Å². The number of carbonyl (C=O) groups is 1. The van der Waals surface area contributed by atoms with Crippen LogP contribution in [0, 0.1) is 12.8 Å². The Balaban J connectivity index is 0.00000242. The minimum absolute atomic E-state index is 0. The summed E-state index contributed by atoms with van der Waals surface area (Å²) in [5, 5.41) is 3.22. The SMILES string of the molecule is CNCC1CCN(C(=O)c2cnc(C)nc2C(C)C)CC1.Cl. The van der Waals surface area contributed by atoms with Gasteiger partial charge in [-0.25, -0.2) is 9.97 Å². The van der Waals surface area contributed by atoms with Gasteiger partial charge in [-0.3, -0.25) is 4.79 Å². The highest BCUT2D eigenvalue weighted by atomic mass is 35.5. The molecule has 0 atom stereocenters. The molecule has 0 unspecified atom stereocenters. The molecule has 1 aliphatic rings. The molecule has 1 aromatic heterocycles. The van der Waals surface area contributed by atoms with Crippen LogP contribution in [-0.4, -0.2) is 47.5 Å². The molecule has 1 amide bonds. The van der Waals surface area contributed by atoms with E-state index in [2.05, 4.69) is 29.1 Å². The van der Waals surface area contributed by atoms with E-state index >= 15 is 0 Å². The highest BCUT2D eigenvalue weighted by molar-refractivity contribution is 5.95. The van der Waals surface area contributed by atoms with Crippen molar-refractivity contribution in [1.82, 2.24) is 20.2 Å². The molecule has 0 bridgehead atoms. The van der Waals surface area contributed by atoms with Crippen LogP contribution < -0.4 is 5.32 Å². The average Bonchev–Trinajstić information content (AvgIpc) is 2.47. The minimum Gasteiger partial charge on any atom is -0.339 e. The molecule has 2 heterocycles. The van der Waals surface area contributed by atoms with Crippen LogP contribution in [0.25, 0.3) is 0 Å². The normalized spacial score (nSPS) is 15.8. The maximum atomic E-state index is 12.7. The van der Waals surface area contributed by atoms with Crippen LogP contribution in [0.5, 0.6) is 0 Å². The number of likely N-dealkylation sites (tertiary alicyclic amines) is 1. The number of aromatic nitrogens is 2. The number of nitrogens with zero attached hydrogens (tertiary/aromatic N) is 3. The molecule has 6 heteroatoms. The zero-order chi connectivity index (χ0) is 15.4. The number of piperidine rings is 1. The van der Waals surface area contributed by atoms with Crippen LogP contribution >= 0.6 is 12.4 Å². The van der Waals surface area contributed by atoms with Crippen LogP contribution in [0.4, 0.5) is 0 Å². The minimum atomic E-state index is 0. The molecule has 1 fully saturated rings. The first-order valence-electron chi connectivity index (χ1n) is 7.80. The highest BCUT2D eigenvalue weighted by Crippen LogP contribution is 2.22. The predicted octanol–water partition coefficient (Wildman–Crippen LogP) is 2.40. The lowest BCUT2D eigenvalue weighted by atomic mass is 9.96. The van der Waals surface area contributed by atoms with Crippen LogP contribution in [0.1, 0.15) is 54.5 Å². The van der Waals surface area contributed by atoms with Gasteiger partial charge in [0.1, 0.15) is 5.82 Å². The molecule has 1 N–H and O–H groups in total. The van der Waals surface area contributed by atoms with Crippen molar-refractivity contribution in [3.63, 3.8) is 0 Å². The summed E-state index contributed by atoms with van der Waals surface area (Å²) in [4.78, 5) is 23.4. The summed E-state index contributed by atoms with van der Waals surface area (Å²) in [6.45, 7) is 8.69. The van der Waals surface area contributed by atoms with Gasteiger partial charge in [0, 0.05) is 19.3 Å². The molecule has 0 saturated carbocycles. The predicted molar refractivity (Wildman–Crippen MR) is 90.7 cm³/mol. The van der Waals surface area contributed by atoms with Gasteiger partial charge in [-0.2, -0.15) is 0 Å². The molecule has 0 aliphatic carbocycles. The van der Waals surface area contributed by atoms with Crippen LogP contribution in [0.3, 0.4) is 0 Å². The van der Waals surface area contributed by atoms with Crippen molar-refractivity contribution in [3.05, 3.63) is 23.3 Å². The Labute approximate surface area is 139 Å². The molecule has 0 spiro atoms. The van der Waals surface area contributed by atoms with Gasteiger partial charge in [-0.15, -0.1) is 12.4 Å². The van der Waals surface area contributed by atoms with Crippen molar-refractivity contribution in [2.24, 2.45) is 5.92 Å². The van der Waals surface area contributed by atoms with E-state index in [1.165, 1.54) is 0 Å². The van der Waals surface area contributed by atoms with E-state index in [9.17, 15) is 4.79 Å². The first-order valence-corrected chi connectivity index (χ1v) is 7.80. The number of nitrogens with one attached hydrogen (secondary N) is 1. The zero-order valence-corrected chi connectivity index (χ0v) is 14.7. The lowest BCUT2D eigenvalue weighted by molar-refractivity contribution is 0.0688. The van der Waals surface area contributed by atoms with Gasteiger partial charge in [-0.1, -0.05) is 13.8 Å². The van der Waals surface area contributed by atoms with Gasteiger partial charge < -0.3 is 10.2 Å². The number of hydrogen-bond donors (Lipinski definition) is 1. The van der Waals surface area contributed by atoms with E-state index in [0.29, 0.717) is 11.5 Å². The lowest BCUT2D eigenvalue weighted by Gasteiger charge is -2.32. The molecule has 5 nitrogen and oxygen atoms in total. The van der Waals surface area contributed by atoms with Crippen LogP contribution in [0.2, 0.25) is 0 Å². The van der Waals surface area contributed by atoms with Crippen molar-refractivity contribution in [2.45, 2.75) is 39.5 Å². The van der Waals surface area contributed by atoms with Crippen molar-refractivity contribution < 1.29 is 4.79 Å². The highest BCUT2D eigenvalue weighted by Gasteiger charge is 2.26. The Bertz CT molecular complexity index is 499. The number of carbonyl (C=O) groups excluding carboxylic acids is 1. The maximum absolute atomic E-state index is 12.7. The van der Waals surface area contributed by atoms with E-state index in [-0.39, 0.29) is 24.2 Å². The zero-order valence-electron chi connectivity index (χ0n) is 13.9. The van der Waals surface area contributed by atoms with Gasteiger partial charge in [0.15, 0.2) is 0 Å². The Morgan fingerprint density at radius 2 is 2.05 bits per heavy atom. The second kappa shape index (κ2) is 8.44. The summed E-state index contributed by atoms with van der Waals surface area (Å²) >= 11 is 0. The fourth-order valence-corrected chi connectivity index (χ4v) is 2.89. The Morgan fingerprint density at radius 3 is 2.59 bits per heavy atom. The summed E-state index contributed by atoms with van der Waals surface area (Å²) in [7, 11) is 1.98. The molecular weight excluding hydrogens is 300 g/mol. The largest absolute Gasteiger partial charge is 0.339 e. The summed E-state index contributed by atoms with van der Waals surface area (Å²) in [6.07, 6.45) is 3.83. The number of halogens is 1. The third-order valence-electron chi connectivity index (χ3n) is 4.11. The first kappa shape index (κ1) is 18.8. The van der Waals surface area contributed by atoms with Crippen LogP contribution in [0.15, 0.2) is 6.20 Å². The average molecular weight is 327 g/mol. The Hall–Kier alpha value is -1.20. The summed E-state index contributed by atoms with van der Waals surface area (Å²) in [6, 6.07) is 0. The summed E-state index contributed by atoms with van der Waals surface area (Å²) in [5.41, 5.74) is 1.53. The second-order valence-corrected chi connectivity index (χ2v) is 6.16. The molecule has 1 saturated heterocycles. The lowest BCUT2D eigenvalue weighted by Crippen LogP contribution is -2.41. The van der Waals surface area contributed by atoms with Crippen molar-refractivity contribution >= 4 is 18.3 Å². The molecule has 2 rings (SSSR count). The molecule has 22 heavy (non-hydrogen) atoms. The van der Waals surface area contributed by atoms with E-state index in [4.69, 9.17) is 0 Å². The Morgan fingerprint density at radius 1 is 1.41 bits per heavy atom. The summed E-state index contributed by atoms with van der Waals surface area (Å²) in [5.74, 6) is 1.72. The fraction of sp³-hybridized carbons (Fsp3) is 0.688. The maximum Gasteiger partial charge on any atom is 0.257 e. The monoisotopic (exact) mass is 326 g/mol. The van der Waals surface area contributed by atoms with Gasteiger partial charge in [-0.05, 0) is 45.2 Å². The standard InChI is InChI=1S/C16H26N4O.ClH/c1-11(2)15-14(10-18-12(3)19-15)16(21)20-7-5-13(6-8-20)9-17-4;/h10-11,13,17H,5-9H2,1-4H3;1H. The Kier molecular flexibility index (Phi) is 7.23. The van der Waals surface area contributed by atoms with Gasteiger partial charge in [0.25, 0.3) is 5.91 Å². The first-order chi connectivity index (χ1) is 10.0. The molecule has 1 aromatic rings. The topological polar surface area (TPSA) is 58.1 Å². The van der Waals surface area contributed by atoms with Crippen molar-refractivity contribution in [3.8, 4) is 0 Å².